The van der Waals surface area contributed by atoms with Gasteiger partial charge in [0.05, 0.1) is 5.56 Å². The highest BCUT2D eigenvalue weighted by atomic mass is 16.1. The molecule has 1 amide bonds. The first-order valence-electron chi connectivity index (χ1n) is 6.54. The van der Waals surface area contributed by atoms with Crippen molar-refractivity contribution in [3.05, 3.63) is 17.6 Å². The Hall–Kier alpha value is -1.65. The minimum atomic E-state index is -0.575. The number of rotatable bonds is 3. The molecule has 1 heterocycles. The molecule has 98 valence electrons. The number of anilines is 1. The van der Waals surface area contributed by atoms with Gasteiger partial charge in [0.2, 0.25) is 0 Å². The van der Waals surface area contributed by atoms with Crippen LogP contribution in [-0.2, 0) is 0 Å². The van der Waals surface area contributed by atoms with E-state index in [2.05, 4.69) is 16.9 Å². The molecule has 1 aliphatic rings. The summed E-state index contributed by atoms with van der Waals surface area (Å²) in [6.07, 6.45) is 7.38. The number of carbonyl (C=O) groups excluding carboxylic acids is 1. The summed E-state index contributed by atoms with van der Waals surface area (Å²) in [5.74, 6) is 1.51. The van der Waals surface area contributed by atoms with E-state index < -0.39 is 5.91 Å². The highest BCUT2D eigenvalue weighted by molar-refractivity contribution is 5.96. The number of primary amides is 1. The number of amides is 1. The van der Waals surface area contributed by atoms with Gasteiger partial charge >= 0.3 is 0 Å². The second-order valence-electron chi connectivity index (χ2n) is 5.03. The molecule has 4 N–H and O–H groups in total. The monoisotopic (exact) mass is 248 g/mol. The minimum absolute atomic E-state index is 0.200. The molecule has 1 aromatic rings. The summed E-state index contributed by atoms with van der Waals surface area (Å²) >= 11 is 0. The molecule has 0 saturated heterocycles. The third-order valence-corrected chi connectivity index (χ3v) is 3.83. The summed E-state index contributed by atoms with van der Waals surface area (Å²) in [4.78, 5) is 19.6. The van der Waals surface area contributed by atoms with Gasteiger partial charge in [0.1, 0.15) is 11.6 Å². The van der Waals surface area contributed by atoms with Crippen LogP contribution in [0.25, 0.3) is 0 Å². The molecular weight excluding hydrogens is 228 g/mol. The lowest BCUT2D eigenvalue weighted by molar-refractivity contribution is 0.100. The van der Waals surface area contributed by atoms with Gasteiger partial charge < -0.3 is 11.5 Å². The van der Waals surface area contributed by atoms with Gasteiger partial charge in [-0.2, -0.15) is 0 Å². The molecule has 2 atom stereocenters. The second-order valence-corrected chi connectivity index (χ2v) is 5.03. The molecule has 2 rings (SSSR count). The van der Waals surface area contributed by atoms with E-state index in [0.717, 1.165) is 24.6 Å². The van der Waals surface area contributed by atoms with Crippen LogP contribution in [0, 0.1) is 5.92 Å². The van der Waals surface area contributed by atoms with E-state index in [0.29, 0.717) is 5.92 Å². The Morgan fingerprint density at radius 1 is 1.50 bits per heavy atom. The predicted molar refractivity (Wildman–Crippen MR) is 70.0 cm³/mol. The van der Waals surface area contributed by atoms with E-state index in [1.807, 2.05) is 0 Å². The quantitative estimate of drug-likeness (QED) is 0.853. The second kappa shape index (κ2) is 5.33. The molecule has 1 fully saturated rings. The predicted octanol–water partition coefficient (Wildman–Crippen LogP) is 1.84. The normalized spacial score (nSPS) is 23.8. The maximum Gasteiger partial charge on any atom is 0.254 e. The van der Waals surface area contributed by atoms with Crippen molar-refractivity contribution in [2.45, 2.75) is 44.9 Å². The van der Waals surface area contributed by atoms with E-state index in [4.69, 9.17) is 11.5 Å². The van der Waals surface area contributed by atoms with Gasteiger partial charge in [-0.15, -0.1) is 0 Å². The summed E-state index contributed by atoms with van der Waals surface area (Å²) in [7, 11) is 0. The number of nitrogens with zero attached hydrogens (tertiary/aromatic N) is 2. The lowest BCUT2D eigenvalue weighted by Gasteiger charge is -2.27. The Morgan fingerprint density at radius 2 is 2.28 bits per heavy atom. The van der Waals surface area contributed by atoms with Crippen LogP contribution in [0.5, 0.6) is 0 Å². The van der Waals surface area contributed by atoms with Crippen LogP contribution in [0.4, 0.5) is 5.82 Å². The molecule has 0 bridgehead atoms. The van der Waals surface area contributed by atoms with Crippen LogP contribution in [-0.4, -0.2) is 15.9 Å². The van der Waals surface area contributed by atoms with E-state index in [-0.39, 0.29) is 11.4 Å². The smallest absolute Gasteiger partial charge is 0.254 e. The molecule has 5 nitrogen and oxygen atoms in total. The summed E-state index contributed by atoms with van der Waals surface area (Å²) < 4.78 is 0. The van der Waals surface area contributed by atoms with Crippen LogP contribution < -0.4 is 11.5 Å². The zero-order valence-electron chi connectivity index (χ0n) is 10.7. The van der Waals surface area contributed by atoms with Gasteiger partial charge in [-0.05, 0) is 18.8 Å². The van der Waals surface area contributed by atoms with Crippen LogP contribution in [0.15, 0.2) is 6.20 Å². The molecule has 5 heteroatoms. The highest BCUT2D eigenvalue weighted by Gasteiger charge is 2.24. The highest BCUT2D eigenvalue weighted by Crippen LogP contribution is 2.36. The van der Waals surface area contributed by atoms with Gasteiger partial charge in [0, 0.05) is 12.1 Å². The third kappa shape index (κ3) is 2.60. The maximum absolute atomic E-state index is 11.1. The van der Waals surface area contributed by atoms with E-state index in [1.54, 1.807) is 0 Å². The Morgan fingerprint density at radius 3 is 2.89 bits per heavy atom. The van der Waals surface area contributed by atoms with Crippen molar-refractivity contribution in [2.24, 2.45) is 11.7 Å². The molecule has 0 spiro atoms. The van der Waals surface area contributed by atoms with Crippen LogP contribution in [0.1, 0.15) is 61.1 Å². The molecule has 1 aromatic heterocycles. The fourth-order valence-corrected chi connectivity index (χ4v) is 2.69. The largest absolute Gasteiger partial charge is 0.383 e. The lowest BCUT2D eigenvalue weighted by atomic mass is 9.80. The SMILES string of the molecule is CCC1CCCC(c2ncc(C(N)=O)c(N)n2)C1. The van der Waals surface area contributed by atoms with Gasteiger partial charge in [0.25, 0.3) is 5.91 Å². The van der Waals surface area contributed by atoms with Crippen molar-refractivity contribution in [1.29, 1.82) is 0 Å². The lowest BCUT2D eigenvalue weighted by Crippen LogP contribution is -2.19. The third-order valence-electron chi connectivity index (χ3n) is 3.83. The van der Waals surface area contributed by atoms with Gasteiger partial charge in [-0.3, -0.25) is 4.79 Å². The van der Waals surface area contributed by atoms with E-state index in [1.165, 1.54) is 25.5 Å². The molecule has 2 unspecified atom stereocenters. The zero-order valence-corrected chi connectivity index (χ0v) is 10.7. The van der Waals surface area contributed by atoms with Crippen LogP contribution in [0.3, 0.4) is 0 Å². The summed E-state index contributed by atoms with van der Waals surface area (Å²) in [6.45, 7) is 2.22. The van der Waals surface area contributed by atoms with Crippen molar-refractivity contribution < 1.29 is 4.79 Å². The van der Waals surface area contributed by atoms with E-state index >= 15 is 0 Å². The number of hydrogen-bond donors (Lipinski definition) is 2. The number of nitrogen functional groups attached to an aromatic ring is 1. The molecule has 1 saturated carbocycles. The Labute approximate surface area is 107 Å². The van der Waals surface area contributed by atoms with Crippen molar-refractivity contribution in [1.82, 2.24) is 9.97 Å². The maximum atomic E-state index is 11.1. The Kier molecular flexibility index (Phi) is 3.79. The first-order valence-corrected chi connectivity index (χ1v) is 6.54. The molecule has 0 aliphatic heterocycles. The number of carbonyl (C=O) groups is 1. The minimum Gasteiger partial charge on any atom is -0.383 e. The number of hydrogen-bond acceptors (Lipinski definition) is 4. The molecular formula is C13H20N4O. The van der Waals surface area contributed by atoms with Gasteiger partial charge in [0.15, 0.2) is 0 Å². The average Bonchev–Trinajstić information content (AvgIpc) is 2.38. The van der Waals surface area contributed by atoms with Gasteiger partial charge in [-0.25, -0.2) is 9.97 Å². The summed E-state index contributed by atoms with van der Waals surface area (Å²) in [5, 5.41) is 0. The fraction of sp³-hybridized carbons (Fsp3) is 0.615. The molecule has 18 heavy (non-hydrogen) atoms. The Bertz CT molecular complexity index is 447. The van der Waals surface area contributed by atoms with Crippen molar-refractivity contribution in [3.63, 3.8) is 0 Å². The van der Waals surface area contributed by atoms with E-state index in [9.17, 15) is 4.79 Å². The number of nitrogens with two attached hydrogens (primary N) is 2. The summed E-state index contributed by atoms with van der Waals surface area (Å²) in [6, 6.07) is 0. The Balaban J connectivity index is 2.18. The van der Waals surface area contributed by atoms with Gasteiger partial charge in [-0.1, -0.05) is 26.2 Å². The average molecular weight is 248 g/mol. The zero-order chi connectivity index (χ0) is 13.1. The standard InChI is InChI=1S/C13H20N4O/c1-2-8-4-3-5-9(6-8)13-16-7-10(12(15)18)11(14)17-13/h7-9H,2-6H2,1H3,(H2,15,18)(H2,14,16,17). The molecule has 0 aromatic carbocycles. The molecule has 1 aliphatic carbocycles. The first kappa shape index (κ1) is 12.8. The van der Waals surface area contributed by atoms with Crippen molar-refractivity contribution in [2.75, 3.05) is 5.73 Å². The van der Waals surface area contributed by atoms with Crippen LogP contribution >= 0.6 is 0 Å². The first-order chi connectivity index (χ1) is 8.61. The summed E-state index contributed by atoms with van der Waals surface area (Å²) in [5.41, 5.74) is 11.1. The van der Waals surface area contributed by atoms with Crippen molar-refractivity contribution >= 4 is 11.7 Å². The van der Waals surface area contributed by atoms with Crippen molar-refractivity contribution in [3.8, 4) is 0 Å². The molecule has 0 radical (unpaired) electrons. The topological polar surface area (TPSA) is 94.9 Å². The number of aromatic nitrogens is 2. The van der Waals surface area contributed by atoms with Crippen LogP contribution in [0.2, 0.25) is 0 Å². The fourth-order valence-electron chi connectivity index (χ4n) is 2.69.